The van der Waals surface area contributed by atoms with E-state index >= 15 is 0 Å². The lowest BCUT2D eigenvalue weighted by Gasteiger charge is -2.15. The van der Waals surface area contributed by atoms with Gasteiger partial charge in [-0.15, -0.1) is 0 Å². The van der Waals surface area contributed by atoms with E-state index in [0.29, 0.717) is 16.6 Å². The molecule has 5 aromatic rings. The average Bonchev–Trinajstić information content (AvgIpc) is 3.45. The van der Waals surface area contributed by atoms with Gasteiger partial charge in [0.25, 0.3) is 0 Å². The lowest BCUT2D eigenvalue weighted by molar-refractivity contribution is 0.306. The molecule has 0 spiro atoms. The summed E-state index contributed by atoms with van der Waals surface area (Å²) >= 11 is 8.30. The quantitative estimate of drug-likeness (QED) is 0.154. The Morgan fingerprint density at radius 2 is 1.95 bits per heavy atom. The van der Waals surface area contributed by atoms with Crippen LogP contribution in [0.4, 0.5) is 15.9 Å². The molecule has 0 amide bonds. The maximum atomic E-state index is 13.5. The molecule has 0 saturated carbocycles. The molecule has 3 aromatic carbocycles. The fourth-order valence-corrected chi connectivity index (χ4v) is 5.20. The van der Waals surface area contributed by atoms with Gasteiger partial charge in [-0.3, -0.25) is 0 Å². The van der Waals surface area contributed by atoms with Crippen LogP contribution >= 0.6 is 23.4 Å². The molecule has 0 radical (unpaired) electrons. The second-order valence-electron chi connectivity index (χ2n) is 9.31. The van der Waals surface area contributed by atoms with Crippen molar-refractivity contribution in [2.45, 2.75) is 26.0 Å². The maximum Gasteiger partial charge on any atom is 0.141 e. The number of halogens is 2. The number of furan rings is 1. The number of rotatable bonds is 12. The van der Waals surface area contributed by atoms with Gasteiger partial charge in [0.05, 0.1) is 16.6 Å². The van der Waals surface area contributed by atoms with Crippen LogP contribution in [0.1, 0.15) is 30.7 Å². The Morgan fingerprint density at radius 1 is 1.05 bits per heavy atom. The molecule has 0 bridgehead atoms. The zero-order valence-electron chi connectivity index (χ0n) is 22.3. The topological polar surface area (TPSA) is 72.2 Å². The van der Waals surface area contributed by atoms with Gasteiger partial charge in [0, 0.05) is 22.4 Å². The summed E-state index contributed by atoms with van der Waals surface area (Å²) in [6.45, 7) is 3.31. The normalized spacial score (nSPS) is 12.0. The predicted molar refractivity (Wildman–Crippen MR) is 162 cm³/mol. The third-order valence-corrected chi connectivity index (χ3v) is 7.30. The van der Waals surface area contributed by atoms with Gasteiger partial charge in [-0.25, -0.2) is 14.4 Å². The van der Waals surface area contributed by atoms with E-state index in [2.05, 4.69) is 33.8 Å². The van der Waals surface area contributed by atoms with E-state index in [0.717, 1.165) is 58.0 Å². The molecule has 2 aromatic heterocycles. The summed E-state index contributed by atoms with van der Waals surface area (Å²) in [6.07, 6.45) is 4.69. The minimum atomic E-state index is -0.303. The van der Waals surface area contributed by atoms with Crippen LogP contribution in [-0.2, 0) is 6.61 Å². The molecule has 6 nitrogen and oxygen atoms in total. The van der Waals surface area contributed by atoms with Gasteiger partial charge in [0.1, 0.15) is 41.8 Å². The van der Waals surface area contributed by atoms with Crippen molar-refractivity contribution in [1.29, 1.82) is 0 Å². The number of hydrogen-bond acceptors (Lipinski definition) is 7. The number of hydrogen-bond donors (Lipinski definition) is 2. The van der Waals surface area contributed by atoms with Crippen molar-refractivity contribution in [2.24, 2.45) is 0 Å². The fourth-order valence-electron chi connectivity index (χ4n) is 4.35. The molecular formula is C31H30ClFN4O2S. The van der Waals surface area contributed by atoms with Gasteiger partial charge in [-0.2, -0.15) is 11.8 Å². The second-order valence-corrected chi connectivity index (χ2v) is 10.6. The molecule has 0 aliphatic carbocycles. The van der Waals surface area contributed by atoms with Crippen molar-refractivity contribution in [3.63, 3.8) is 0 Å². The van der Waals surface area contributed by atoms with Crippen LogP contribution in [0.25, 0.3) is 22.2 Å². The number of nitrogens with zero attached hydrogens (tertiary/aromatic N) is 2. The van der Waals surface area contributed by atoms with E-state index in [4.69, 9.17) is 20.8 Å². The number of ether oxygens (including phenoxy) is 1. The third-order valence-electron chi connectivity index (χ3n) is 6.34. The highest BCUT2D eigenvalue weighted by Gasteiger charge is 2.16. The first-order valence-corrected chi connectivity index (χ1v) is 14.8. The highest BCUT2D eigenvalue weighted by atomic mass is 35.5. The largest absolute Gasteiger partial charge is 0.487 e. The van der Waals surface area contributed by atoms with Crippen LogP contribution in [0.3, 0.4) is 0 Å². The maximum absolute atomic E-state index is 13.5. The number of nitrogens with one attached hydrogen (secondary N) is 2. The van der Waals surface area contributed by atoms with Gasteiger partial charge in [0.2, 0.25) is 0 Å². The Kier molecular flexibility index (Phi) is 9.21. The number of thioether (sulfide) groups is 1. The Bertz CT molecular complexity index is 1600. The van der Waals surface area contributed by atoms with Crippen molar-refractivity contribution in [2.75, 3.05) is 23.9 Å². The van der Waals surface area contributed by atoms with Gasteiger partial charge >= 0.3 is 0 Å². The molecule has 1 atom stereocenters. The van der Waals surface area contributed by atoms with Gasteiger partial charge in [-0.1, -0.05) is 30.7 Å². The van der Waals surface area contributed by atoms with Crippen LogP contribution in [0.2, 0.25) is 5.02 Å². The Morgan fingerprint density at radius 3 is 2.75 bits per heavy atom. The van der Waals surface area contributed by atoms with Crippen LogP contribution in [0, 0.1) is 5.82 Å². The number of aromatic nitrogens is 2. The van der Waals surface area contributed by atoms with Crippen molar-refractivity contribution >= 4 is 45.8 Å². The minimum Gasteiger partial charge on any atom is -0.487 e. The van der Waals surface area contributed by atoms with E-state index in [9.17, 15) is 4.39 Å². The smallest absolute Gasteiger partial charge is 0.141 e. The first kappa shape index (κ1) is 28.0. The lowest BCUT2D eigenvalue weighted by Crippen LogP contribution is -2.23. The number of anilines is 2. The van der Waals surface area contributed by atoms with Gasteiger partial charge < -0.3 is 19.8 Å². The van der Waals surface area contributed by atoms with Crippen LogP contribution in [-0.4, -0.2) is 28.5 Å². The molecule has 5 rings (SSSR count). The molecule has 0 aliphatic heterocycles. The van der Waals surface area contributed by atoms with Crippen molar-refractivity contribution in [3.8, 4) is 17.1 Å². The second kappa shape index (κ2) is 13.2. The number of benzene rings is 3. The summed E-state index contributed by atoms with van der Waals surface area (Å²) in [5.74, 6) is 3.50. The first-order valence-electron chi connectivity index (χ1n) is 13.0. The summed E-state index contributed by atoms with van der Waals surface area (Å²) < 4.78 is 25.6. The summed E-state index contributed by atoms with van der Waals surface area (Å²) in [6, 6.07) is 21.9. The number of fused-ring (bicyclic) bond motifs is 1. The predicted octanol–water partition coefficient (Wildman–Crippen LogP) is 8.41. The SMILES string of the molecule is CCCN[C@H](CSC)c1ccc(-c2ccc3ncnc(Nc4ccc(OCc5cccc(F)c5)c(Cl)c4)c3c2)o1. The Balaban J connectivity index is 1.35. The molecule has 9 heteroatoms. The molecule has 0 saturated heterocycles. The molecule has 206 valence electrons. The van der Waals surface area contributed by atoms with Crippen LogP contribution in [0.15, 0.2) is 83.5 Å². The van der Waals surface area contributed by atoms with E-state index in [-0.39, 0.29) is 18.5 Å². The Hall–Kier alpha value is -3.59. The molecular weight excluding hydrogens is 547 g/mol. The zero-order chi connectivity index (χ0) is 27.9. The standard InChI is InChI=1S/C31H30ClFN4O2S/c1-3-13-34-27(18-40-2)30-12-11-28(39-30)21-7-9-26-24(15-21)31(36-19-35-26)37-23-8-10-29(25(32)16-23)38-17-20-5-4-6-22(33)14-20/h4-12,14-16,19,27,34H,3,13,17-18H2,1-2H3,(H,35,36,37)/t27-/m1/s1. The molecule has 2 heterocycles. The lowest BCUT2D eigenvalue weighted by atomic mass is 10.1. The molecule has 0 fully saturated rings. The summed E-state index contributed by atoms with van der Waals surface area (Å²) in [5, 5.41) is 8.20. The summed E-state index contributed by atoms with van der Waals surface area (Å²) in [5.41, 5.74) is 3.21. The van der Waals surface area contributed by atoms with Crippen LogP contribution in [0.5, 0.6) is 5.75 Å². The van der Waals surface area contributed by atoms with Gasteiger partial charge in [0.15, 0.2) is 0 Å². The van der Waals surface area contributed by atoms with E-state index < -0.39 is 0 Å². The van der Waals surface area contributed by atoms with E-state index in [1.165, 1.54) is 18.5 Å². The highest BCUT2D eigenvalue weighted by Crippen LogP contribution is 2.33. The monoisotopic (exact) mass is 576 g/mol. The molecule has 0 aliphatic rings. The van der Waals surface area contributed by atoms with E-state index in [1.54, 1.807) is 36.0 Å². The minimum absolute atomic E-state index is 0.162. The molecule has 2 N–H and O–H groups in total. The van der Waals surface area contributed by atoms with Crippen molar-refractivity contribution < 1.29 is 13.5 Å². The first-order chi connectivity index (χ1) is 19.5. The molecule has 0 unspecified atom stereocenters. The Labute approximate surface area is 242 Å². The highest BCUT2D eigenvalue weighted by molar-refractivity contribution is 7.98. The summed E-state index contributed by atoms with van der Waals surface area (Å²) in [7, 11) is 0. The van der Waals surface area contributed by atoms with E-state index in [1.807, 2.05) is 36.4 Å². The fraction of sp³-hybridized carbons (Fsp3) is 0.226. The third kappa shape index (κ3) is 6.75. The zero-order valence-corrected chi connectivity index (χ0v) is 23.9. The van der Waals surface area contributed by atoms with Crippen molar-refractivity contribution in [3.05, 3.63) is 101 Å². The van der Waals surface area contributed by atoms with Crippen molar-refractivity contribution in [1.82, 2.24) is 15.3 Å². The summed E-state index contributed by atoms with van der Waals surface area (Å²) in [4.78, 5) is 8.92. The van der Waals surface area contributed by atoms with Gasteiger partial charge in [-0.05, 0) is 85.4 Å². The van der Waals surface area contributed by atoms with Crippen LogP contribution < -0.4 is 15.4 Å². The molecule has 40 heavy (non-hydrogen) atoms. The average molecular weight is 577 g/mol.